The topological polar surface area (TPSA) is 65.1 Å². The zero-order valence-corrected chi connectivity index (χ0v) is 14.2. The molecule has 25 heavy (non-hydrogen) atoms. The molecule has 0 saturated heterocycles. The summed E-state index contributed by atoms with van der Waals surface area (Å²) in [5.74, 6) is 0.0615. The Labute approximate surface area is 145 Å². The van der Waals surface area contributed by atoms with Crippen LogP contribution in [0.25, 0.3) is 16.6 Å². The monoisotopic (exact) mass is 334 g/mol. The summed E-state index contributed by atoms with van der Waals surface area (Å²) in [6.07, 6.45) is 1.21. The summed E-state index contributed by atoms with van der Waals surface area (Å²) in [6.45, 7) is 4.17. The molecule has 0 radical (unpaired) electrons. The summed E-state index contributed by atoms with van der Waals surface area (Å²) >= 11 is 0. The summed E-state index contributed by atoms with van der Waals surface area (Å²) in [6, 6.07) is 14.6. The highest BCUT2D eigenvalue weighted by atomic mass is 16.6. The number of carbonyl (C=O) groups is 1. The van der Waals surface area contributed by atoms with E-state index in [0.29, 0.717) is 17.4 Å². The van der Waals surface area contributed by atoms with E-state index in [2.05, 4.69) is 18.4 Å². The van der Waals surface area contributed by atoms with Gasteiger partial charge in [0.1, 0.15) is 0 Å². The third-order valence-corrected chi connectivity index (χ3v) is 4.84. The quantitative estimate of drug-likeness (QED) is 0.504. The van der Waals surface area contributed by atoms with E-state index in [4.69, 9.17) is 0 Å². The van der Waals surface area contributed by atoms with Crippen LogP contribution in [0, 0.1) is 15.5 Å². The third-order valence-electron chi connectivity index (χ3n) is 4.84. The molecular weight excluding hydrogens is 316 g/mol. The average Bonchev–Trinajstić information content (AvgIpc) is 2.87. The first kappa shape index (κ1) is 15.6. The number of benzene rings is 2. The first-order valence-corrected chi connectivity index (χ1v) is 8.28. The Morgan fingerprint density at radius 1 is 1.08 bits per heavy atom. The molecule has 0 bridgehead atoms. The Kier molecular flexibility index (Phi) is 3.29. The molecule has 5 heteroatoms. The van der Waals surface area contributed by atoms with Gasteiger partial charge in [-0.05, 0) is 30.0 Å². The molecule has 3 aromatic rings. The van der Waals surface area contributed by atoms with Gasteiger partial charge in [-0.2, -0.15) is 0 Å². The van der Waals surface area contributed by atoms with E-state index in [1.54, 1.807) is 6.07 Å². The van der Waals surface area contributed by atoms with E-state index >= 15 is 0 Å². The predicted molar refractivity (Wildman–Crippen MR) is 96.4 cm³/mol. The van der Waals surface area contributed by atoms with Crippen LogP contribution >= 0.6 is 0 Å². The Bertz CT molecular complexity index is 1020. The number of Topliss-reactive ketones (excluding diaryl/α,β-unsaturated/α-hetero) is 1. The second-order valence-electron chi connectivity index (χ2n) is 7.39. The molecule has 1 aliphatic rings. The molecule has 0 N–H and O–H groups in total. The summed E-state index contributed by atoms with van der Waals surface area (Å²) in [4.78, 5) is 23.6. The summed E-state index contributed by atoms with van der Waals surface area (Å²) < 4.78 is 2.08. The van der Waals surface area contributed by atoms with Crippen molar-refractivity contribution >= 4 is 22.4 Å². The number of carbonyl (C=O) groups excluding carboxylic acids is 1. The minimum Gasteiger partial charge on any atom is -0.313 e. The summed E-state index contributed by atoms with van der Waals surface area (Å²) in [7, 11) is 0. The van der Waals surface area contributed by atoms with Gasteiger partial charge in [0.2, 0.25) is 0 Å². The number of hydrogen-bond donors (Lipinski definition) is 0. The van der Waals surface area contributed by atoms with Gasteiger partial charge in [0.25, 0.3) is 5.69 Å². The van der Waals surface area contributed by atoms with E-state index < -0.39 is 4.92 Å². The number of rotatable bonds is 2. The van der Waals surface area contributed by atoms with Crippen LogP contribution in [0.4, 0.5) is 5.69 Å². The zero-order chi connectivity index (χ0) is 17.8. The largest absolute Gasteiger partial charge is 0.313 e. The standard InChI is InChI=1S/C20H18N2O3/c1-20(2)11-17-19(18(23)12-20)15-10-14(22(24)25)8-9-16(15)21(17)13-6-4-3-5-7-13/h3-10H,11-12H2,1-2H3. The molecule has 5 nitrogen and oxygen atoms in total. The molecule has 4 rings (SSSR count). The van der Waals surface area contributed by atoms with Crippen molar-refractivity contribution in [1.29, 1.82) is 0 Å². The van der Waals surface area contributed by atoms with Gasteiger partial charge in [-0.3, -0.25) is 14.9 Å². The molecule has 1 aliphatic carbocycles. The minimum absolute atomic E-state index is 0.0122. The second kappa shape index (κ2) is 5.28. The lowest BCUT2D eigenvalue weighted by Crippen LogP contribution is -2.27. The van der Waals surface area contributed by atoms with E-state index in [9.17, 15) is 14.9 Å². The van der Waals surface area contributed by atoms with Crippen LogP contribution in [0.1, 0.15) is 36.3 Å². The van der Waals surface area contributed by atoms with Crippen molar-refractivity contribution in [1.82, 2.24) is 4.57 Å². The lowest BCUT2D eigenvalue weighted by atomic mass is 9.75. The molecule has 0 aliphatic heterocycles. The fourth-order valence-electron chi connectivity index (χ4n) is 3.83. The van der Waals surface area contributed by atoms with Crippen LogP contribution in [-0.4, -0.2) is 15.3 Å². The van der Waals surface area contributed by atoms with Crippen molar-refractivity contribution in [3.8, 4) is 5.69 Å². The lowest BCUT2D eigenvalue weighted by molar-refractivity contribution is -0.384. The van der Waals surface area contributed by atoms with Crippen LogP contribution in [0.5, 0.6) is 0 Å². The van der Waals surface area contributed by atoms with Gasteiger partial charge in [0.05, 0.1) is 10.4 Å². The normalized spacial score (nSPS) is 16.0. The molecule has 0 unspecified atom stereocenters. The number of aromatic nitrogens is 1. The first-order valence-electron chi connectivity index (χ1n) is 8.28. The Morgan fingerprint density at radius 2 is 1.80 bits per heavy atom. The van der Waals surface area contributed by atoms with Crippen molar-refractivity contribution < 1.29 is 9.72 Å². The maximum Gasteiger partial charge on any atom is 0.270 e. The van der Waals surface area contributed by atoms with Gasteiger partial charge in [0.15, 0.2) is 5.78 Å². The van der Waals surface area contributed by atoms with E-state index in [-0.39, 0.29) is 16.9 Å². The molecule has 1 heterocycles. The Morgan fingerprint density at radius 3 is 2.48 bits per heavy atom. The Hall–Kier alpha value is -2.95. The number of ketones is 1. The highest BCUT2D eigenvalue weighted by Crippen LogP contribution is 2.41. The van der Waals surface area contributed by atoms with Crippen molar-refractivity contribution in [2.75, 3.05) is 0 Å². The molecule has 2 aromatic carbocycles. The number of para-hydroxylation sites is 1. The predicted octanol–water partition coefficient (Wildman–Crippen LogP) is 4.69. The van der Waals surface area contributed by atoms with Gasteiger partial charge >= 0.3 is 0 Å². The highest BCUT2D eigenvalue weighted by Gasteiger charge is 2.36. The number of nitro groups is 1. The average molecular weight is 334 g/mol. The second-order valence-corrected chi connectivity index (χ2v) is 7.39. The lowest BCUT2D eigenvalue weighted by Gasteiger charge is -2.29. The number of hydrogen-bond acceptors (Lipinski definition) is 3. The molecule has 0 amide bonds. The first-order chi connectivity index (χ1) is 11.9. The van der Waals surface area contributed by atoms with Gasteiger partial charge < -0.3 is 4.57 Å². The minimum atomic E-state index is -0.414. The molecule has 1 aromatic heterocycles. The van der Waals surface area contributed by atoms with Gasteiger partial charge in [-0.15, -0.1) is 0 Å². The molecule has 0 saturated carbocycles. The van der Waals surface area contributed by atoms with E-state index in [1.807, 2.05) is 30.3 Å². The summed E-state index contributed by atoms with van der Waals surface area (Å²) in [5.41, 5.74) is 3.28. The number of non-ortho nitro benzene ring substituents is 1. The fourth-order valence-corrected chi connectivity index (χ4v) is 3.83. The molecule has 0 spiro atoms. The molecular formula is C20H18N2O3. The van der Waals surface area contributed by atoms with Gasteiger partial charge in [0, 0.05) is 40.9 Å². The van der Waals surface area contributed by atoms with Crippen LogP contribution < -0.4 is 0 Å². The molecule has 0 fully saturated rings. The van der Waals surface area contributed by atoms with Crippen LogP contribution in [0.15, 0.2) is 48.5 Å². The maximum absolute atomic E-state index is 12.9. The maximum atomic E-state index is 12.9. The number of nitrogens with zero attached hydrogens (tertiary/aromatic N) is 2. The van der Waals surface area contributed by atoms with Crippen LogP contribution in [0.2, 0.25) is 0 Å². The summed E-state index contributed by atoms with van der Waals surface area (Å²) in [5, 5.41) is 11.9. The van der Waals surface area contributed by atoms with Gasteiger partial charge in [-0.25, -0.2) is 0 Å². The van der Waals surface area contributed by atoms with E-state index in [1.165, 1.54) is 12.1 Å². The molecule has 126 valence electrons. The Balaban J connectivity index is 2.10. The number of fused-ring (bicyclic) bond motifs is 3. The zero-order valence-electron chi connectivity index (χ0n) is 14.2. The highest BCUT2D eigenvalue weighted by molar-refractivity contribution is 6.11. The fraction of sp³-hybridized carbons (Fsp3) is 0.250. The molecule has 0 atom stereocenters. The van der Waals surface area contributed by atoms with Crippen LogP contribution in [0.3, 0.4) is 0 Å². The van der Waals surface area contributed by atoms with Crippen molar-refractivity contribution in [3.63, 3.8) is 0 Å². The van der Waals surface area contributed by atoms with Crippen molar-refractivity contribution in [2.45, 2.75) is 26.7 Å². The van der Waals surface area contributed by atoms with Crippen molar-refractivity contribution in [2.24, 2.45) is 5.41 Å². The SMILES string of the molecule is CC1(C)CC(=O)c2c(n(-c3ccccc3)c3ccc([N+](=O)[O-])cc23)C1. The van der Waals surface area contributed by atoms with Crippen molar-refractivity contribution in [3.05, 3.63) is 69.9 Å². The van der Waals surface area contributed by atoms with Crippen LogP contribution in [-0.2, 0) is 6.42 Å². The van der Waals surface area contributed by atoms with E-state index in [0.717, 1.165) is 23.3 Å². The number of nitro benzene ring substituents is 1. The smallest absolute Gasteiger partial charge is 0.270 e. The third kappa shape index (κ3) is 2.43. The van der Waals surface area contributed by atoms with Gasteiger partial charge in [-0.1, -0.05) is 32.0 Å².